The minimum atomic E-state index is -2.97. The van der Waals surface area contributed by atoms with Crippen LogP contribution in [-0.4, -0.2) is 43.1 Å². The quantitative estimate of drug-likeness (QED) is 0.817. The second-order valence-corrected chi connectivity index (χ2v) is 7.19. The Morgan fingerprint density at radius 1 is 1.30 bits per heavy atom. The van der Waals surface area contributed by atoms with Crippen LogP contribution in [-0.2, 0) is 16.6 Å². The van der Waals surface area contributed by atoms with Gasteiger partial charge in [-0.15, -0.1) is 0 Å². The van der Waals surface area contributed by atoms with Gasteiger partial charge in [0.1, 0.15) is 0 Å². The number of benzene rings is 1. The molecule has 0 saturated carbocycles. The van der Waals surface area contributed by atoms with Crippen molar-refractivity contribution in [3.63, 3.8) is 0 Å². The molecule has 20 heavy (non-hydrogen) atoms. The van der Waals surface area contributed by atoms with E-state index in [1.54, 1.807) is 4.31 Å². The molecular weight excluding hydrogens is 274 g/mol. The van der Waals surface area contributed by atoms with Gasteiger partial charge in [0.2, 0.25) is 10.0 Å². The fourth-order valence-corrected chi connectivity index (χ4v) is 4.20. The summed E-state index contributed by atoms with van der Waals surface area (Å²) in [7, 11) is -2.97. The standard InChI is InChI=1S/C14H19N3O2S/c18-20(19)10-2-8-17(20)9-7-15-11-12-3-1-4-14-13(12)5-6-16-14/h1,3-6,15-16H,2,7-11H2. The molecule has 0 unspecified atom stereocenters. The van der Waals surface area contributed by atoms with E-state index in [0.29, 0.717) is 25.4 Å². The average molecular weight is 293 g/mol. The maximum Gasteiger partial charge on any atom is 0.214 e. The molecule has 1 saturated heterocycles. The van der Waals surface area contributed by atoms with Crippen LogP contribution in [0.25, 0.3) is 10.9 Å². The number of nitrogens with one attached hydrogen (secondary N) is 2. The van der Waals surface area contributed by atoms with E-state index in [2.05, 4.69) is 28.5 Å². The van der Waals surface area contributed by atoms with Crippen LogP contribution >= 0.6 is 0 Å². The zero-order chi connectivity index (χ0) is 14.0. The van der Waals surface area contributed by atoms with E-state index >= 15 is 0 Å². The Balaban J connectivity index is 1.54. The summed E-state index contributed by atoms with van der Waals surface area (Å²) in [6, 6.07) is 8.24. The lowest BCUT2D eigenvalue weighted by Crippen LogP contribution is -2.33. The van der Waals surface area contributed by atoms with Gasteiger partial charge in [0.15, 0.2) is 0 Å². The Kier molecular flexibility index (Phi) is 3.78. The normalized spacial score (nSPS) is 18.8. The molecule has 2 N–H and O–H groups in total. The number of hydrogen-bond acceptors (Lipinski definition) is 3. The van der Waals surface area contributed by atoms with Gasteiger partial charge in [0, 0.05) is 43.3 Å². The van der Waals surface area contributed by atoms with Crippen LogP contribution in [0.3, 0.4) is 0 Å². The summed E-state index contributed by atoms with van der Waals surface area (Å²) < 4.78 is 24.9. The lowest BCUT2D eigenvalue weighted by molar-refractivity contribution is 0.434. The number of fused-ring (bicyclic) bond motifs is 1. The Hall–Kier alpha value is -1.37. The van der Waals surface area contributed by atoms with E-state index < -0.39 is 10.0 Å². The summed E-state index contributed by atoms with van der Waals surface area (Å²) in [5.41, 5.74) is 2.36. The third-order valence-electron chi connectivity index (χ3n) is 3.74. The molecule has 1 aliphatic rings. The summed E-state index contributed by atoms with van der Waals surface area (Å²) in [6.07, 6.45) is 2.69. The van der Waals surface area contributed by atoms with Crippen molar-refractivity contribution in [3.05, 3.63) is 36.0 Å². The van der Waals surface area contributed by atoms with Crippen molar-refractivity contribution in [1.82, 2.24) is 14.6 Å². The molecule has 0 bridgehead atoms. The molecule has 108 valence electrons. The van der Waals surface area contributed by atoms with Crippen molar-refractivity contribution in [2.24, 2.45) is 0 Å². The van der Waals surface area contributed by atoms with Gasteiger partial charge in [-0.3, -0.25) is 0 Å². The molecule has 0 radical (unpaired) electrons. The minimum absolute atomic E-state index is 0.301. The molecular formula is C14H19N3O2S. The van der Waals surface area contributed by atoms with Crippen molar-refractivity contribution in [2.75, 3.05) is 25.4 Å². The van der Waals surface area contributed by atoms with Gasteiger partial charge in [0.25, 0.3) is 0 Å². The highest BCUT2D eigenvalue weighted by atomic mass is 32.2. The molecule has 2 heterocycles. The second kappa shape index (κ2) is 5.55. The molecule has 2 aromatic rings. The van der Waals surface area contributed by atoms with E-state index in [1.807, 2.05) is 12.3 Å². The highest BCUT2D eigenvalue weighted by Gasteiger charge is 2.27. The topological polar surface area (TPSA) is 65.2 Å². The highest BCUT2D eigenvalue weighted by Crippen LogP contribution is 2.17. The first kappa shape index (κ1) is 13.6. The van der Waals surface area contributed by atoms with E-state index in [0.717, 1.165) is 18.5 Å². The number of sulfonamides is 1. The van der Waals surface area contributed by atoms with Crippen LogP contribution in [0.2, 0.25) is 0 Å². The molecule has 1 aromatic carbocycles. The number of aromatic nitrogens is 1. The maximum atomic E-state index is 11.7. The van der Waals surface area contributed by atoms with Gasteiger partial charge >= 0.3 is 0 Å². The second-order valence-electron chi connectivity index (χ2n) is 5.10. The summed E-state index contributed by atoms with van der Waals surface area (Å²) in [5.74, 6) is 0.301. The predicted octanol–water partition coefficient (Wildman–Crippen LogP) is 1.29. The number of aromatic amines is 1. The monoisotopic (exact) mass is 293 g/mol. The molecule has 1 aromatic heterocycles. The zero-order valence-electron chi connectivity index (χ0n) is 11.3. The van der Waals surface area contributed by atoms with Crippen molar-refractivity contribution in [2.45, 2.75) is 13.0 Å². The molecule has 6 heteroatoms. The van der Waals surface area contributed by atoms with Gasteiger partial charge in [-0.25, -0.2) is 12.7 Å². The molecule has 1 fully saturated rings. The third-order valence-corrected chi connectivity index (χ3v) is 5.70. The highest BCUT2D eigenvalue weighted by molar-refractivity contribution is 7.89. The zero-order valence-corrected chi connectivity index (χ0v) is 12.1. The van der Waals surface area contributed by atoms with Crippen LogP contribution in [0.5, 0.6) is 0 Å². The molecule has 1 aliphatic heterocycles. The van der Waals surface area contributed by atoms with Gasteiger partial charge in [-0.05, 0) is 24.1 Å². The number of H-pyrrole nitrogens is 1. The Bertz CT molecular complexity index is 693. The molecule has 0 atom stereocenters. The molecule has 0 amide bonds. The first-order chi connectivity index (χ1) is 9.67. The molecule has 0 spiro atoms. The van der Waals surface area contributed by atoms with Crippen LogP contribution < -0.4 is 5.32 Å². The van der Waals surface area contributed by atoms with E-state index in [-0.39, 0.29) is 0 Å². The SMILES string of the molecule is O=S1(=O)CCCN1CCNCc1cccc2[nH]ccc12. The number of nitrogens with zero attached hydrogens (tertiary/aromatic N) is 1. The van der Waals surface area contributed by atoms with E-state index in [1.165, 1.54) is 10.9 Å². The van der Waals surface area contributed by atoms with Gasteiger partial charge in [0.05, 0.1) is 5.75 Å². The summed E-state index contributed by atoms with van der Waals surface area (Å²) in [4.78, 5) is 3.19. The Morgan fingerprint density at radius 2 is 2.20 bits per heavy atom. The summed E-state index contributed by atoms with van der Waals surface area (Å²) in [6.45, 7) is 2.66. The molecule has 5 nitrogen and oxygen atoms in total. The van der Waals surface area contributed by atoms with Crippen LogP contribution in [0.15, 0.2) is 30.5 Å². The van der Waals surface area contributed by atoms with Gasteiger partial charge in [-0.1, -0.05) is 12.1 Å². The van der Waals surface area contributed by atoms with Crippen molar-refractivity contribution in [3.8, 4) is 0 Å². The van der Waals surface area contributed by atoms with Crippen molar-refractivity contribution >= 4 is 20.9 Å². The van der Waals surface area contributed by atoms with Crippen molar-refractivity contribution < 1.29 is 8.42 Å². The fraction of sp³-hybridized carbons (Fsp3) is 0.429. The number of hydrogen-bond donors (Lipinski definition) is 2. The summed E-state index contributed by atoms with van der Waals surface area (Å²) in [5, 5.41) is 4.54. The predicted molar refractivity (Wildman–Crippen MR) is 80.0 cm³/mol. The maximum absolute atomic E-state index is 11.7. The first-order valence-electron chi connectivity index (χ1n) is 6.90. The number of rotatable bonds is 5. The van der Waals surface area contributed by atoms with E-state index in [4.69, 9.17) is 0 Å². The lowest BCUT2D eigenvalue weighted by Gasteiger charge is -2.14. The van der Waals surface area contributed by atoms with Gasteiger partial charge in [-0.2, -0.15) is 0 Å². The first-order valence-corrected chi connectivity index (χ1v) is 8.51. The Morgan fingerprint density at radius 3 is 3.00 bits per heavy atom. The molecule has 0 aliphatic carbocycles. The smallest absolute Gasteiger partial charge is 0.214 e. The third kappa shape index (κ3) is 2.72. The van der Waals surface area contributed by atoms with Crippen LogP contribution in [0.1, 0.15) is 12.0 Å². The lowest BCUT2D eigenvalue weighted by atomic mass is 10.1. The van der Waals surface area contributed by atoms with Crippen LogP contribution in [0, 0.1) is 0 Å². The van der Waals surface area contributed by atoms with Gasteiger partial charge < -0.3 is 10.3 Å². The summed E-state index contributed by atoms with van der Waals surface area (Å²) >= 11 is 0. The molecule has 3 rings (SSSR count). The van der Waals surface area contributed by atoms with E-state index in [9.17, 15) is 8.42 Å². The minimum Gasteiger partial charge on any atom is -0.361 e. The van der Waals surface area contributed by atoms with Crippen LogP contribution in [0.4, 0.5) is 0 Å². The Labute approximate surface area is 119 Å². The van der Waals surface area contributed by atoms with Crippen molar-refractivity contribution in [1.29, 1.82) is 0 Å². The average Bonchev–Trinajstić information content (AvgIpc) is 3.01. The fourth-order valence-electron chi connectivity index (χ4n) is 2.67. The largest absolute Gasteiger partial charge is 0.361 e.